The molecule has 1 fully saturated rings. The van der Waals surface area contributed by atoms with Gasteiger partial charge in [0, 0.05) is 38.7 Å². The number of amides is 1. The van der Waals surface area contributed by atoms with E-state index < -0.39 is 15.8 Å². The molecule has 2 aliphatic heterocycles. The number of piperazine rings is 1. The summed E-state index contributed by atoms with van der Waals surface area (Å²) in [5, 5.41) is 0.413. The molecule has 170 valence electrons. The van der Waals surface area contributed by atoms with E-state index >= 15 is 0 Å². The van der Waals surface area contributed by atoms with Crippen LogP contribution < -0.4 is 9.47 Å². The SMILES string of the molecule is O=C(C=Cc1cc(Cl)c2c(c1)OCCCO2)N1CCN(S(=O)(=O)c2ccc(F)cc2)CC1. The summed E-state index contributed by atoms with van der Waals surface area (Å²) < 4.78 is 51.1. The van der Waals surface area contributed by atoms with Crippen molar-refractivity contribution in [2.24, 2.45) is 0 Å². The number of ether oxygens (including phenoxy) is 2. The van der Waals surface area contributed by atoms with Gasteiger partial charge in [0.25, 0.3) is 0 Å². The molecule has 0 bridgehead atoms. The number of hydrogen-bond acceptors (Lipinski definition) is 5. The van der Waals surface area contributed by atoms with Crippen LogP contribution in [0.4, 0.5) is 4.39 Å². The van der Waals surface area contributed by atoms with Crippen LogP contribution >= 0.6 is 11.6 Å². The smallest absolute Gasteiger partial charge is 0.246 e. The van der Waals surface area contributed by atoms with Gasteiger partial charge in [0.05, 0.1) is 23.1 Å². The molecule has 0 aromatic heterocycles. The Labute approximate surface area is 191 Å². The molecular formula is C22H22ClFN2O5S. The van der Waals surface area contributed by atoms with Crippen LogP contribution in [0.15, 0.2) is 47.4 Å². The number of halogens is 2. The van der Waals surface area contributed by atoms with Crippen molar-refractivity contribution in [1.82, 2.24) is 9.21 Å². The molecule has 1 amide bonds. The second-order valence-corrected chi connectivity index (χ2v) is 9.74. The number of benzene rings is 2. The standard InChI is InChI=1S/C22H22ClFN2O5S/c23-19-14-16(15-20-22(19)31-13-1-12-30-20)2-7-21(27)25-8-10-26(11-9-25)32(28,29)18-5-3-17(24)4-6-18/h2-7,14-15H,1,8-13H2. The van der Waals surface area contributed by atoms with E-state index in [0.717, 1.165) is 18.6 Å². The highest BCUT2D eigenvalue weighted by Crippen LogP contribution is 2.38. The normalized spacial score (nSPS) is 17.4. The van der Waals surface area contributed by atoms with Gasteiger partial charge in [-0.15, -0.1) is 0 Å². The first-order valence-electron chi connectivity index (χ1n) is 10.2. The molecule has 0 aliphatic carbocycles. The first-order valence-corrected chi connectivity index (χ1v) is 12.0. The summed E-state index contributed by atoms with van der Waals surface area (Å²) in [5.41, 5.74) is 0.699. The molecule has 7 nitrogen and oxygen atoms in total. The van der Waals surface area contributed by atoms with E-state index in [4.69, 9.17) is 21.1 Å². The number of nitrogens with zero attached hydrogens (tertiary/aromatic N) is 2. The third kappa shape index (κ3) is 4.90. The van der Waals surface area contributed by atoms with E-state index in [0.29, 0.717) is 35.3 Å². The van der Waals surface area contributed by atoms with Gasteiger partial charge < -0.3 is 14.4 Å². The fourth-order valence-corrected chi connectivity index (χ4v) is 5.22. The molecule has 0 N–H and O–H groups in total. The predicted octanol–water partition coefficient (Wildman–Crippen LogP) is 3.19. The molecule has 0 saturated carbocycles. The monoisotopic (exact) mass is 480 g/mol. The zero-order chi connectivity index (χ0) is 22.7. The van der Waals surface area contributed by atoms with Gasteiger partial charge in [-0.25, -0.2) is 12.8 Å². The first kappa shape index (κ1) is 22.6. The van der Waals surface area contributed by atoms with Gasteiger partial charge in [-0.1, -0.05) is 11.6 Å². The molecule has 0 unspecified atom stereocenters. The van der Waals surface area contributed by atoms with Gasteiger partial charge in [0.1, 0.15) is 5.82 Å². The molecule has 2 aromatic rings. The minimum atomic E-state index is -3.73. The zero-order valence-corrected chi connectivity index (χ0v) is 18.7. The van der Waals surface area contributed by atoms with E-state index in [1.807, 2.05) is 0 Å². The lowest BCUT2D eigenvalue weighted by Crippen LogP contribution is -2.50. The van der Waals surface area contributed by atoms with Gasteiger partial charge in [0.15, 0.2) is 11.5 Å². The molecule has 4 rings (SSSR count). The van der Waals surface area contributed by atoms with Gasteiger partial charge >= 0.3 is 0 Å². The summed E-state index contributed by atoms with van der Waals surface area (Å²) in [4.78, 5) is 14.2. The second kappa shape index (κ2) is 9.48. The van der Waals surface area contributed by atoms with Gasteiger partial charge in [0.2, 0.25) is 15.9 Å². The Balaban J connectivity index is 1.39. The van der Waals surface area contributed by atoms with Crippen molar-refractivity contribution in [3.63, 3.8) is 0 Å². The quantitative estimate of drug-likeness (QED) is 0.628. The molecule has 0 atom stereocenters. The van der Waals surface area contributed by atoms with Crippen LogP contribution in [0.3, 0.4) is 0 Å². The lowest BCUT2D eigenvalue weighted by Gasteiger charge is -2.33. The third-order valence-electron chi connectivity index (χ3n) is 5.24. The van der Waals surface area contributed by atoms with Crippen LogP contribution in [0.2, 0.25) is 5.02 Å². The topological polar surface area (TPSA) is 76.2 Å². The number of rotatable bonds is 4. The van der Waals surface area contributed by atoms with Crippen molar-refractivity contribution in [2.75, 3.05) is 39.4 Å². The van der Waals surface area contributed by atoms with Crippen molar-refractivity contribution in [3.8, 4) is 11.5 Å². The highest BCUT2D eigenvalue weighted by atomic mass is 35.5. The van der Waals surface area contributed by atoms with Crippen LogP contribution in [0, 0.1) is 5.82 Å². The van der Waals surface area contributed by atoms with Crippen LogP contribution in [0.25, 0.3) is 6.08 Å². The Morgan fingerprint density at radius 2 is 1.72 bits per heavy atom. The highest BCUT2D eigenvalue weighted by molar-refractivity contribution is 7.89. The van der Waals surface area contributed by atoms with Gasteiger partial charge in [-0.3, -0.25) is 4.79 Å². The summed E-state index contributed by atoms with van der Waals surface area (Å²) >= 11 is 6.28. The van der Waals surface area contributed by atoms with Crippen molar-refractivity contribution < 1.29 is 27.1 Å². The van der Waals surface area contributed by atoms with Gasteiger partial charge in [-0.05, 0) is 48.0 Å². The van der Waals surface area contributed by atoms with Crippen molar-refractivity contribution in [1.29, 1.82) is 0 Å². The fraction of sp³-hybridized carbons (Fsp3) is 0.318. The lowest BCUT2D eigenvalue weighted by molar-refractivity contribution is -0.127. The Morgan fingerprint density at radius 3 is 2.44 bits per heavy atom. The van der Waals surface area contributed by atoms with Crippen molar-refractivity contribution >= 4 is 33.6 Å². The largest absolute Gasteiger partial charge is 0.489 e. The van der Waals surface area contributed by atoms with Crippen LogP contribution in [0.1, 0.15) is 12.0 Å². The minimum Gasteiger partial charge on any atom is -0.489 e. The zero-order valence-electron chi connectivity index (χ0n) is 17.2. The van der Waals surface area contributed by atoms with Crippen LogP contribution in [-0.4, -0.2) is 62.9 Å². The number of carbonyl (C=O) groups excluding carboxylic acids is 1. The summed E-state index contributed by atoms with van der Waals surface area (Å²) in [7, 11) is -3.73. The van der Waals surface area contributed by atoms with E-state index in [1.54, 1.807) is 23.1 Å². The summed E-state index contributed by atoms with van der Waals surface area (Å²) in [6, 6.07) is 8.18. The fourth-order valence-electron chi connectivity index (χ4n) is 3.52. The molecule has 0 radical (unpaired) electrons. The molecule has 0 spiro atoms. The molecule has 2 aliphatic rings. The number of sulfonamides is 1. The van der Waals surface area contributed by atoms with E-state index in [2.05, 4.69) is 0 Å². The Kier molecular flexibility index (Phi) is 6.68. The van der Waals surface area contributed by atoms with Crippen molar-refractivity contribution in [2.45, 2.75) is 11.3 Å². The lowest BCUT2D eigenvalue weighted by atomic mass is 10.1. The van der Waals surface area contributed by atoms with Crippen LogP contribution in [-0.2, 0) is 14.8 Å². The molecule has 32 heavy (non-hydrogen) atoms. The summed E-state index contributed by atoms with van der Waals surface area (Å²) in [6.45, 7) is 1.89. The highest BCUT2D eigenvalue weighted by Gasteiger charge is 2.29. The molecule has 10 heteroatoms. The molecule has 2 heterocycles. The van der Waals surface area contributed by atoms with Gasteiger partial charge in [-0.2, -0.15) is 4.31 Å². The third-order valence-corrected chi connectivity index (χ3v) is 7.44. The second-order valence-electron chi connectivity index (χ2n) is 7.40. The Hall–Kier alpha value is -2.62. The Morgan fingerprint density at radius 1 is 1.03 bits per heavy atom. The Bertz CT molecular complexity index is 1130. The van der Waals surface area contributed by atoms with E-state index in [1.165, 1.54) is 22.5 Å². The predicted molar refractivity (Wildman–Crippen MR) is 118 cm³/mol. The molecule has 2 aromatic carbocycles. The average molecular weight is 481 g/mol. The average Bonchev–Trinajstić information content (AvgIpc) is 3.04. The first-order chi connectivity index (χ1) is 15.3. The maximum absolute atomic E-state index is 13.1. The maximum Gasteiger partial charge on any atom is 0.246 e. The maximum atomic E-state index is 13.1. The minimum absolute atomic E-state index is 0.0323. The number of hydrogen-bond donors (Lipinski definition) is 0. The van der Waals surface area contributed by atoms with Crippen LogP contribution in [0.5, 0.6) is 11.5 Å². The number of carbonyl (C=O) groups is 1. The summed E-state index contributed by atoms with van der Waals surface area (Å²) in [5.74, 6) is 0.320. The molecular weight excluding hydrogens is 459 g/mol. The summed E-state index contributed by atoms with van der Waals surface area (Å²) in [6.07, 6.45) is 3.83. The van der Waals surface area contributed by atoms with E-state index in [-0.39, 0.29) is 37.0 Å². The molecule has 1 saturated heterocycles. The number of fused-ring (bicyclic) bond motifs is 1. The van der Waals surface area contributed by atoms with Crippen molar-refractivity contribution in [3.05, 3.63) is 58.9 Å². The van der Waals surface area contributed by atoms with E-state index in [9.17, 15) is 17.6 Å².